The number of aromatic nitrogens is 3. The average molecular weight is 361 g/mol. The Balaban J connectivity index is 1.58. The van der Waals surface area contributed by atoms with E-state index in [1.807, 2.05) is 25.7 Å². The minimum atomic E-state index is -0.553. The van der Waals surface area contributed by atoms with Crippen molar-refractivity contribution in [3.05, 3.63) is 18.2 Å². The smallest absolute Gasteiger partial charge is 0.410 e. The number of amides is 1. The van der Waals surface area contributed by atoms with E-state index in [0.717, 1.165) is 12.7 Å². The summed E-state index contributed by atoms with van der Waals surface area (Å²) >= 11 is 0. The molecule has 26 heavy (non-hydrogen) atoms. The molecule has 138 valence electrons. The van der Waals surface area contributed by atoms with E-state index in [4.69, 9.17) is 4.74 Å². The van der Waals surface area contributed by atoms with Crippen LogP contribution in [0.4, 0.5) is 15.0 Å². The van der Waals surface area contributed by atoms with Crippen molar-refractivity contribution in [2.45, 2.75) is 44.9 Å². The fraction of sp³-hybridized carbons (Fsp3) is 0.529. The Morgan fingerprint density at radius 2 is 2.08 bits per heavy atom. The Bertz CT molecular complexity index is 885. The Hall–Kier alpha value is -2.71. The third-order valence-corrected chi connectivity index (χ3v) is 4.67. The van der Waals surface area contributed by atoms with E-state index in [-0.39, 0.29) is 40.9 Å². The van der Waals surface area contributed by atoms with Crippen molar-refractivity contribution in [2.24, 2.45) is 0 Å². The molecule has 0 aliphatic carbocycles. The molecule has 2 aliphatic heterocycles. The first-order valence-electron chi connectivity index (χ1n) is 8.49. The van der Waals surface area contributed by atoms with Gasteiger partial charge in [0.25, 0.3) is 0 Å². The van der Waals surface area contributed by atoms with Crippen LogP contribution in [0.25, 0.3) is 11.0 Å². The van der Waals surface area contributed by atoms with Crippen molar-refractivity contribution in [3.8, 4) is 5.88 Å². The van der Waals surface area contributed by atoms with E-state index in [2.05, 4.69) is 15.0 Å². The van der Waals surface area contributed by atoms with Gasteiger partial charge in [-0.2, -0.15) is 0 Å². The second kappa shape index (κ2) is 5.65. The molecule has 0 spiro atoms. The lowest BCUT2D eigenvalue weighted by molar-refractivity contribution is 0.0214. The number of ether oxygens (including phenoxy) is 1. The van der Waals surface area contributed by atoms with E-state index in [1.54, 1.807) is 4.90 Å². The zero-order valence-corrected chi connectivity index (χ0v) is 14.8. The Labute approximate surface area is 149 Å². The van der Waals surface area contributed by atoms with Crippen molar-refractivity contribution < 1.29 is 19.0 Å². The minimum absolute atomic E-state index is 0.0428. The third kappa shape index (κ3) is 2.77. The van der Waals surface area contributed by atoms with Gasteiger partial charge in [-0.1, -0.05) is 0 Å². The highest BCUT2D eigenvalue weighted by Gasteiger charge is 2.47. The summed E-state index contributed by atoms with van der Waals surface area (Å²) < 4.78 is 20.0. The van der Waals surface area contributed by atoms with E-state index < -0.39 is 11.4 Å². The Morgan fingerprint density at radius 1 is 1.31 bits per heavy atom. The van der Waals surface area contributed by atoms with Crippen LogP contribution in [0.5, 0.6) is 5.88 Å². The highest BCUT2D eigenvalue weighted by atomic mass is 19.1. The monoisotopic (exact) mass is 361 g/mol. The van der Waals surface area contributed by atoms with Crippen LogP contribution in [-0.2, 0) is 4.74 Å². The van der Waals surface area contributed by atoms with Crippen LogP contribution in [0, 0.1) is 5.82 Å². The number of rotatable bonds is 1. The first-order chi connectivity index (χ1) is 12.2. The summed E-state index contributed by atoms with van der Waals surface area (Å²) in [4.78, 5) is 27.7. The molecule has 2 aliphatic rings. The summed E-state index contributed by atoms with van der Waals surface area (Å²) in [6.45, 7) is 6.40. The molecule has 2 fully saturated rings. The van der Waals surface area contributed by atoms with Gasteiger partial charge >= 0.3 is 6.09 Å². The van der Waals surface area contributed by atoms with E-state index in [1.165, 1.54) is 6.07 Å². The molecule has 9 heteroatoms. The molecule has 2 aromatic rings. The summed E-state index contributed by atoms with van der Waals surface area (Å²) in [5.41, 5.74) is -0.142. The van der Waals surface area contributed by atoms with Gasteiger partial charge in [-0.15, -0.1) is 0 Å². The number of hydrogen-bond donors (Lipinski definition) is 1. The van der Waals surface area contributed by atoms with E-state index in [9.17, 15) is 14.3 Å². The second-order valence-corrected chi connectivity index (χ2v) is 7.69. The number of carbonyl (C=O) groups is 1. The third-order valence-electron chi connectivity index (χ3n) is 4.67. The highest BCUT2D eigenvalue weighted by Crippen LogP contribution is 2.36. The zero-order chi connectivity index (χ0) is 18.6. The molecular weight excluding hydrogens is 341 g/mol. The Morgan fingerprint density at radius 3 is 2.73 bits per heavy atom. The van der Waals surface area contributed by atoms with E-state index >= 15 is 0 Å². The van der Waals surface area contributed by atoms with Crippen LogP contribution in [0.15, 0.2) is 12.4 Å². The minimum Gasteiger partial charge on any atom is -0.492 e. The molecule has 2 aromatic heterocycles. The molecule has 4 heterocycles. The first-order valence-corrected chi connectivity index (χ1v) is 8.49. The maximum absolute atomic E-state index is 14.6. The van der Waals surface area contributed by atoms with Gasteiger partial charge in [0.05, 0.1) is 17.6 Å². The number of aromatic hydroxyl groups is 1. The van der Waals surface area contributed by atoms with Crippen molar-refractivity contribution in [1.82, 2.24) is 19.9 Å². The number of likely N-dealkylation sites (tertiary alicyclic amines) is 1. The summed E-state index contributed by atoms with van der Waals surface area (Å²) in [6.07, 6.45) is 1.55. The lowest BCUT2D eigenvalue weighted by atomic mass is 10.2. The number of hydrogen-bond acceptors (Lipinski definition) is 7. The molecule has 4 rings (SSSR count). The van der Waals surface area contributed by atoms with Crippen LogP contribution in [0.1, 0.15) is 27.2 Å². The lowest BCUT2D eigenvalue weighted by Crippen LogP contribution is -2.50. The number of carbonyl (C=O) groups excluding carboxylic acids is 1. The van der Waals surface area contributed by atoms with Gasteiger partial charge in [-0.25, -0.2) is 24.1 Å². The fourth-order valence-corrected chi connectivity index (χ4v) is 3.61. The van der Waals surface area contributed by atoms with Gasteiger partial charge in [-0.3, -0.25) is 0 Å². The number of piperazine rings is 1. The van der Waals surface area contributed by atoms with E-state index in [0.29, 0.717) is 13.1 Å². The average Bonchev–Trinajstić information content (AvgIpc) is 3.13. The summed E-state index contributed by atoms with van der Waals surface area (Å²) in [5, 5.41) is 9.86. The molecular formula is C17H20FN5O3. The normalized spacial score (nSPS) is 22.3. The molecule has 0 unspecified atom stereocenters. The van der Waals surface area contributed by atoms with Crippen LogP contribution < -0.4 is 4.90 Å². The number of fused-ring (bicyclic) bond motifs is 3. The first kappa shape index (κ1) is 16.7. The van der Waals surface area contributed by atoms with Crippen LogP contribution in [0.2, 0.25) is 0 Å². The van der Waals surface area contributed by atoms with Crippen LogP contribution in [-0.4, -0.2) is 61.8 Å². The fourth-order valence-electron chi connectivity index (χ4n) is 3.61. The molecule has 0 saturated carbocycles. The van der Waals surface area contributed by atoms with Gasteiger partial charge in [0, 0.05) is 19.2 Å². The maximum atomic E-state index is 14.6. The van der Waals surface area contributed by atoms with Crippen molar-refractivity contribution in [2.75, 3.05) is 18.0 Å². The standard InChI is InChI=1S/C17H20FN5O3/c1-17(2,3)26-16(25)23-7-9-4-10(23)6-22(9)14-11(18)5-12-13(21-14)15(24)20-8-19-12/h5,8-10H,4,6-7H2,1-3H3,(H,19,20,24)/t9-,10-/m0/s1. The summed E-state index contributed by atoms with van der Waals surface area (Å²) in [6, 6.07) is 1.16. The maximum Gasteiger partial charge on any atom is 0.410 e. The zero-order valence-electron chi connectivity index (χ0n) is 14.8. The van der Waals surface area contributed by atoms with Crippen LogP contribution in [0.3, 0.4) is 0 Å². The lowest BCUT2D eigenvalue weighted by Gasteiger charge is -2.35. The molecule has 2 bridgehead atoms. The molecule has 1 amide bonds. The molecule has 2 atom stereocenters. The SMILES string of the molecule is CC(C)(C)OC(=O)N1C[C@@H]2C[C@H]1CN2c1nc2c(O)ncnc2cc1F. The largest absolute Gasteiger partial charge is 0.492 e. The Kier molecular flexibility index (Phi) is 3.64. The van der Waals surface area contributed by atoms with Crippen molar-refractivity contribution in [1.29, 1.82) is 0 Å². The summed E-state index contributed by atoms with van der Waals surface area (Å²) in [7, 11) is 0. The topological polar surface area (TPSA) is 91.7 Å². The molecule has 0 aromatic carbocycles. The van der Waals surface area contributed by atoms with Gasteiger partial charge in [0.15, 0.2) is 17.2 Å². The molecule has 2 saturated heterocycles. The predicted molar refractivity (Wildman–Crippen MR) is 91.4 cm³/mol. The van der Waals surface area contributed by atoms with Crippen molar-refractivity contribution in [3.63, 3.8) is 0 Å². The highest BCUT2D eigenvalue weighted by molar-refractivity contribution is 5.80. The van der Waals surface area contributed by atoms with Gasteiger partial charge in [-0.05, 0) is 27.2 Å². The number of anilines is 1. The number of pyridine rings is 1. The van der Waals surface area contributed by atoms with Crippen LogP contribution >= 0.6 is 0 Å². The van der Waals surface area contributed by atoms with Crippen molar-refractivity contribution >= 4 is 22.9 Å². The predicted octanol–water partition coefficient (Wildman–Crippen LogP) is 2.07. The molecule has 0 radical (unpaired) electrons. The van der Waals surface area contributed by atoms with Gasteiger partial charge in [0.1, 0.15) is 11.9 Å². The second-order valence-electron chi connectivity index (χ2n) is 7.69. The summed E-state index contributed by atoms with van der Waals surface area (Å²) in [5.74, 6) is -0.637. The number of halogens is 1. The number of nitrogens with zero attached hydrogens (tertiary/aromatic N) is 5. The quantitative estimate of drug-likeness (QED) is 0.831. The molecule has 8 nitrogen and oxygen atoms in total. The molecule has 1 N–H and O–H groups in total. The van der Waals surface area contributed by atoms with Gasteiger partial charge < -0.3 is 19.6 Å². The van der Waals surface area contributed by atoms with Gasteiger partial charge in [0.2, 0.25) is 5.88 Å².